The van der Waals surface area contributed by atoms with Crippen molar-refractivity contribution in [2.75, 3.05) is 13.1 Å². The summed E-state index contributed by atoms with van der Waals surface area (Å²) in [5.41, 5.74) is 3.75. The zero-order valence-corrected chi connectivity index (χ0v) is 11.7. The Morgan fingerprint density at radius 3 is 2.90 bits per heavy atom. The van der Waals surface area contributed by atoms with Crippen LogP contribution < -0.4 is 5.32 Å². The highest BCUT2D eigenvalue weighted by molar-refractivity contribution is 5.76. The normalized spacial score (nSPS) is 19.0. The number of nitrogens with zero attached hydrogens (tertiary/aromatic N) is 4. The van der Waals surface area contributed by atoms with E-state index in [0.29, 0.717) is 6.04 Å². The predicted octanol–water partition coefficient (Wildman–Crippen LogP) is 2.42. The lowest BCUT2D eigenvalue weighted by Crippen LogP contribution is -2.31. The third-order valence-corrected chi connectivity index (χ3v) is 3.99. The molecule has 3 heterocycles. The van der Waals surface area contributed by atoms with Gasteiger partial charge >= 0.3 is 0 Å². The van der Waals surface area contributed by atoms with Gasteiger partial charge in [-0.15, -0.1) is 0 Å². The maximum absolute atomic E-state index is 4.67. The fraction of sp³-hybridized carbons (Fsp3) is 0.312. The maximum Gasteiger partial charge on any atom is 0.0924 e. The van der Waals surface area contributed by atoms with Gasteiger partial charge in [-0.25, -0.2) is 4.98 Å². The van der Waals surface area contributed by atoms with Gasteiger partial charge in [-0.2, -0.15) is 5.10 Å². The van der Waals surface area contributed by atoms with Crippen molar-refractivity contribution in [3.63, 3.8) is 0 Å². The molecular weight excluding hydrogens is 262 g/mol. The molecule has 1 aliphatic rings. The Labute approximate surface area is 123 Å². The van der Waals surface area contributed by atoms with E-state index in [1.165, 1.54) is 12.8 Å². The molecular formula is C16H17N5. The molecule has 1 aliphatic heterocycles. The van der Waals surface area contributed by atoms with Gasteiger partial charge in [0.05, 0.1) is 35.2 Å². The van der Waals surface area contributed by atoms with Gasteiger partial charge in [-0.1, -0.05) is 12.1 Å². The highest BCUT2D eigenvalue weighted by atomic mass is 15.3. The van der Waals surface area contributed by atoms with Gasteiger partial charge in [0.15, 0.2) is 0 Å². The van der Waals surface area contributed by atoms with Crippen molar-refractivity contribution in [1.82, 2.24) is 25.1 Å². The lowest BCUT2D eigenvalue weighted by Gasteiger charge is -2.22. The van der Waals surface area contributed by atoms with E-state index < -0.39 is 0 Å². The molecule has 4 rings (SSSR count). The Bertz CT molecular complexity index is 758. The number of benzene rings is 1. The summed E-state index contributed by atoms with van der Waals surface area (Å²) in [4.78, 5) is 9.14. The number of hydrogen-bond acceptors (Lipinski definition) is 4. The zero-order chi connectivity index (χ0) is 14.1. The third-order valence-electron chi connectivity index (χ3n) is 3.99. The molecule has 2 aromatic heterocycles. The Morgan fingerprint density at radius 2 is 2.05 bits per heavy atom. The van der Waals surface area contributed by atoms with Gasteiger partial charge < -0.3 is 5.32 Å². The summed E-state index contributed by atoms with van der Waals surface area (Å²) in [6, 6.07) is 8.37. The van der Waals surface area contributed by atoms with E-state index in [2.05, 4.69) is 31.3 Å². The molecule has 21 heavy (non-hydrogen) atoms. The first-order valence-electron chi connectivity index (χ1n) is 7.37. The fourth-order valence-electron chi connectivity index (χ4n) is 2.83. The zero-order valence-electron chi connectivity index (χ0n) is 11.7. The molecule has 0 spiro atoms. The second-order valence-corrected chi connectivity index (χ2v) is 5.45. The van der Waals surface area contributed by atoms with E-state index in [-0.39, 0.29) is 0 Å². The summed E-state index contributed by atoms with van der Waals surface area (Å²) >= 11 is 0. The van der Waals surface area contributed by atoms with Gasteiger partial charge in [0, 0.05) is 18.3 Å². The molecule has 0 radical (unpaired) electrons. The molecule has 3 aromatic rings. The van der Waals surface area contributed by atoms with E-state index in [1.807, 2.05) is 36.7 Å². The van der Waals surface area contributed by atoms with E-state index in [4.69, 9.17) is 0 Å². The van der Waals surface area contributed by atoms with Gasteiger partial charge in [-0.05, 0) is 31.5 Å². The third kappa shape index (κ3) is 2.40. The van der Waals surface area contributed by atoms with Crippen molar-refractivity contribution in [2.45, 2.75) is 18.9 Å². The van der Waals surface area contributed by atoms with Crippen LogP contribution in [0.2, 0.25) is 0 Å². The molecule has 1 fully saturated rings. The minimum atomic E-state index is 0.445. The van der Waals surface area contributed by atoms with E-state index >= 15 is 0 Å². The summed E-state index contributed by atoms with van der Waals surface area (Å²) in [6.45, 7) is 2.10. The van der Waals surface area contributed by atoms with Crippen LogP contribution in [0, 0.1) is 0 Å². The summed E-state index contributed by atoms with van der Waals surface area (Å²) in [6.07, 6.45) is 8.17. The second-order valence-electron chi connectivity index (χ2n) is 5.45. The highest BCUT2D eigenvalue weighted by Gasteiger charge is 2.16. The average molecular weight is 279 g/mol. The first-order valence-corrected chi connectivity index (χ1v) is 7.37. The van der Waals surface area contributed by atoms with Gasteiger partial charge in [0.25, 0.3) is 0 Å². The van der Waals surface area contributed by atoms with Gasteiger partial charge in [-0.3, -0.25) is 9.67 Å². The summed E-state index contributed by atoms with van der Waals surface area (Å²) in [7, 11) is 0. The van der Waals surface area contributed by atoms with Gasteiger partial charge in [0.2, 0.25) is 0 Å². The predicted molar refractivity (Wildman–Crippen MR) is 81.9 cm³/mol. The lowest BCUT2D eigenvalue weighted by atomic mass is 10.1. The molecule has 106 valence electrons. The standard InChI is InChI=1S/C16H17N5/c1-2-6-15-14(5-1)18-10-16(20-15)12-8-19-21(11-12)13-4-3-7-17-9-13/h1-2,5-6,8,10-11,13,17H,3-4,7,9H2. The highest BCUT2D eigenvalue weighted by Crippen LogP contribution is 2.22. The number of rotatable bonds is 2. The van der Waals surface area contributed by atoms with Crippen LogP contribution in [0.4, 0.5) is 0 Å². The van der Waals surface area contributed by atoms with Crippen molar-refractivity contribution in [2.24, 2.45) is 0 Å². The largest absolute Gasteiger partial charge is 0.315 e. The van der Waals surface area contributed by atoms with Crippen LogP contribution in [0.5, 0.6) is 0 Å². The molecule has 5 heteroatoms. The minimum absolute atomic E-state index is 0.445. The van der Waals surface area contributed by atoms with Gasteiger partial charge in [0.1, 0.15) is 0 Å². The molecule has 0 saturated carbocycles. The fourth-order valence-corrected chi connectivity index (χ4v) is 2.83. The smallest absolute Gasteiger partial charge is 0.0924 e. The number of piperidine rings is 1. The molecule has 5 nitrogen and oxygen atoms in total. The summed E-state index contributed by atoms with van der Waals surface area (Å²) in [5, 5.41) is 7.92. The second kappa shape index (κ2) is 5.26. The molecule has 0 aliphatic carbocycles. The van der Waals surface area contributed by atoms with Crippen LogP contribution in [0.3, 0.4) is 0 Å². The van der Waals surface area contributed by atoms with Crippen molar-refractivity contribution in [1.29, 1.82) is 0 Å². The number of nitrogens with one attached hydrogen (secondary N) is 1. The number of para-hydroxylation sites is 2. The number of hydrogen-bond donors (Lipinski definition) is 1. The Balaban J connectivity index is 1.67. The van der Waals surface area contributed by atoms with Crippen LogP contribution in [0.1, 0.15) is 18.9 Å². The minimum Gasteiger partial charge on any atom is -0.315 e. The van der Waals surface area contributed by atoms with Crippen LogP contribution in [-0.4, -0.2) is 32.8 Å². The Hall–Kier alpha value is -2.27. The van der Waals surface area contributed by atoms with E-state index in [1.54, 1.807) is 0 Å². The summed E-state index contributed by atoms with van der Waals surface area (Å²) in [5.74, 6) is 0. The van der Waals surface area contributed by atoms with Crippen LogP contribution in [0.25, 0.3) is 22.3 Å². The number of fused-ring (bicyclic) bond motifs is 1. The van der Waals surface area contributed by atoms with Crippen LogP contribution in [-0.2, 0) is 0 Å². The first kappa shape index (κ1) is 12.5. The molecule has 0 bridgehead atoms. The van der Waals surface area contributed by atoms with E-state index in [9.17, 15) is 0 Å². The maximum atomic E-state index is 4.67. The van der Waals surface area contributed by atoms with Crippen molar-refractivity contribution in [3.8, 4) is 11.3 Å². The molecule has 0 amide bonds. The average Bonchev–Trinajstić information content (AvgIpc) is 3.05. The SMILES string of the molecule is c1ccc2nc(-c3cnn(C4CCCNC4)c3)cnc2c1. The Kier molecular flexibility index (Phi) is 3.12. The molecule has 1 unspecified atom stereocenters. The Morgan fingerprint density at radius 1 is 1.14 bits per heavy atom. The molecule has 1 saturated heterocycles. The van der Waals surface area contributed by atoms with Crippen LogP contribution in [0.15, 0.2) is 42.9 Å². The van der Waals surface area contributed by atoms with Crippen molar-refractivity contribution < 1.29 is 0 Å². The lowest BCUT2D eigenvalue weighted by molar-refractivity contribution is 0.347. The molecule has 1 N–H and O–H groups in total. The van der Waals surface area contributed by atoms with E-state index in [0.717, 1.165) is 35.4 Å². The molecule has 1 atom stereocenters. The van der Waals surface area contributed by atoms with Crippen molar-refractivity contribution in [3.05, 3.63) is 42.9 Å². The van der Waals surface area contributed by atoms with Crippen LogP contribution >= 0.6 is 0 Å². The quantitative estimate of drug-likeness (QED) is 0.782. The molecule has 1 aromatic carbocycles. The summed E-state index contributed by atoms with van der Waals surface area (Å²) < 4.78 is 2.05. The monoisotopic (exact) mass is 279 g/mol. The topological polar surface area (TPSA) is 55.6 Å². The number of aromatic nitrogens is 4. The first-order chi connectivity index (χ1) is 10.4. The van der Waals surface area contributed by atoms with Crippen molar-refractivity contribution >= 4 is 11.0 Å².